The molecule has 0 atom stereocenters. The van der Waals surface area contributed by atoms with Gasteiger partial charge in [0.25, 0.3) is 0 Å². The van der Waals surface area contributed by atoms with Gasteiger partial charge in [-0.25, -0.2) is 13.4 Å². The van der Waals surface area contributed by atoms with Crippen LogP contribution < -0.4 is 21.2 Å². The molecule has 1 aromatic heterocycles. The summed E-state index contributed by atoms with van der Waals surface area (Å²) in [5, 5.41) is -2.08. The molecule has 1 aromatic carbocycles. The molecular weight excluding hydrogens is 585 g/mol. The lowest BCUT2D eigenvalue weighted by Gasteiger charge is -2.38. The Hall–Kier alpha value is -1.20. The van der Waals surface area contributed by atoms with Gasteiger partial charge in [-0.3, -0.25) is 0 Å². The highest BCUT2D eigenvalue weighted by Crippen LogP contribution is 3.01. The first kappa shape index (κ1) is 26.8. The maximum Gasteiger partial charge on any atom is 0.485 e. The van der Waals surface area contributed by atoms with Gasteiger partial charge in [-0.1, -0.05) is 37.1 Å². The van der Waals surface area contributed by atoms with Crippen molar-refractivity contribution in [2.45, 2.75) is 31.3 Å². The van der Waals surface area contributed by atoms with E-state index in [0.717, 1.165) is 32.5 Å². The van der Waals surface area contributed by atoms with E-state index in [1.54, 1.807) is 0 Å². The van der Waals surface area contributed by atoms with Crippen LogP contribution in [0.2, 0.25) is 0 Å². The van der Waals surface area contributed by atoms with Crippen molar-refractivity contribution in [3.63, 3.8) is 0 Å². The van der Waals surface area contributed by atoms with Gasteiger partial charge in [0.05, 0.1) is 6.20 Å². The normalized spacial score (nSPS) is 14.9. The third kappa shape index (κ3) is 7.81. The molecule has 0 N–H and O–H groups in total. The smallest absolute Gasteiger partial charge is 0.485 e. The summed E-state index contributed by atoms with van der Waals surface area (Å²) in [5.41, 5.74) is -2.42. The summed E-state index contributed by atoms with van der Waals surface area (Å²) in [7, 11) is -15.8. The van der Waals surface area contributed by atoms with Gasteiger partial charge in [0.15, 0.2) is 18.7 Å². The van der Waals surface area contributed by atoms with Crippen molar-refractivity contribution in [3.05, 3.63) is 54.3 Å². The summed E-state index contributed by atoms with van der Waals surface area (Å²) in [5.74, 6) is 0. The van der Waals surface area contributed by atoms with Crippen LogP contribution in [0.5, 0.6) is 0 Å². The molecule has 30 heavy (non-hydrogen) atoms. The molecule has 0 amide bonds. The van der Waals surface area contributed by atoms with E-state index < -0.39 is 52.1 Å². The van der Waals surface area contributed by atoms with Crippen molar-refractivity contribution in [3.8, 4) is 0 Å². The van der Waals surface area contributed by atoms with Gasteiger partial charge in [0.1, 0.15) is 0 Å². The van der Waals surface area contributed by atoms with E-state index in [1.165, 1.54) is 0 Å². The molecule has 0 aliphatic carbocycles. The molecule has 1 heterocycles. The topological polar surface area (TPSA) is 70.1 Å². The van der Waals surface area contributed by atoms with Gasteiger partial charge in [-0.05, 0) is 32.9 Å². The van der Waals surface area contributed by atoms with Gasteiger partial charge < -0.3 is 4.55 Å². The molecule has 0 bridgehead atoms. The Balaban J connectivity index is 0.000000479. The molecule has 0 unspecified atom stereocenters. The number of aryl methyl sites for hydroxylation is 3. The van der Waals surface area contributed by atoms with Crippen LogP contribution >= 0.6 is 10.2 Å². The highest BCUT2D eigenvalue weighted by atomic mass is 127. The number of nitrogens with zero attached hydrogens (tertiary/aromatic N) is 1. The Labute approximate surface area is 177 Å². The fourth-order valence-electron chi connectivity index (χ4n) is 2.07. The zero-order valence-electron chi connectivity index (χ0n) is 15.3. The number of aromatic nitrogens is 1. The van der Waals surface area contributed by atoms with Gasteiger partial charge in [0, 0.05) is 11.1 Å². The standard InChI is InChI=1S/C14H14F5INS.CHF3O3S/c1-9-6-10(2)14(11(3)7-9)20-12-4-5-13(21-8-12)22(15,16,17,18)19;2-1(3,4)8(5,6)7/h4-8H,1-3H3;(H,5,6,7)/q+1;/p-1. The van der Waals surface area contributed by atoms with E-state index in [0.29, 0.717) is 9.64 Å². The van der Waals surface area contributed by atoms with Crippen molar-refractivity contribution in [1.82, 2.24) is 4.98 Å². The second kappa shape index (κ2) is 7.74. The van der Waals surface area contributed by atoms with Crippen LogP contribution in [0.1, 0.15) is 16.7 Å². The van der Waals surface area contributed by atoms with E-state index in [-0.39, 0.29) is 0 Å². The predicted octanol–water partition coefficient (Wildman–Crippen LogP) is 2.84. The van der Waals surface area contributed by atoms with E-state index in [2.05, 4.69) is 4.98 Å². The van der Waals surface area contributed by atoms with Crippen LogP contribution in [0.15, 0.2) is 35.5 Å². The molecule has 0 aliphatic heterocycles. The Kier molecular flexibility index (Phi) is 6.92. The highest BCUT2D eigenvalue weighted by Gasteiger charge is 2.67. The minimum atomic E-state index is -9.68. The number of hydrogen-bond acceptors (Lipinski definition) is 4. The Morgan fingerprint density at radius 3 is 1.70 bits per heavy atom. The molecule has 0 saturated carbocycles. The van der Waals surface area contributed by atoms with E-state index in [9.17, 15) is 32.6 Å². The van der Waals surface area contributed by atoms with E-state index in [4.69, 9.17) is 13.0 Å². The lowest BCUT2D eigenvalue weighted by Crippen LogP contribution is -3.62. The Bertz CT molecular complexity index is 1010. The lowest BCUT2D eigenvalue weighted by molar-refractivity contribution is -0.599. The molecule has 2 rings (SSSR count). The van der Waals surface area contributed by atoms with E-state index in [1.807, 2.05) is 32.9 Å². The Morgan fingerprint density at radius 1 is 0.967 bits per heavy atom. The maximum absolute atomic E-state index is 12.6. The van der Waals surface area contributed by atoms with Gasteiger partial charge >= 0.3 is 36.9 Å². The second-order valence-electron chi connectivity index (χ2n) is 5.99. The van der Waals surface area contributed by atoms with Crippen LogP contribution in [-0.2, 0) is 10.1 Å². The van der Waals surface area contributed by atoms with Crippen LogP contribution in [-0.4, -0.2) is 23.5 Å². The fraction of sp³-hybridized carbons (Fsp3) is 0.267. The fourth-order valence-corrected chi connectivity index (χ4v) is 5.07. The quantitative estimate of drug-likeness (QED) is 0.236. The molecule has 2 aromatic rings. The first-order valence-electron chi connectivity index (χ1n) is 7.46. The molecule has 0 fully saturated rings. The van der Waals surface area contributed by atoms with Crippen molar-refractivity contribution in [2.24, 2.45) is 0 Å². The summed E-state index contributed by atoms with van der Waals surface area (Å²) in [6.07, 6.45) is 0.916. The molecule has 0 saturated heterocycles. The Morgan fingerprint density at radius 2 is 1.40 bits per heavy atom. The summed E-state index contributed by atoms with van der Waals surface area (Å²) in [4.78, 5) is 2.97. The summed E-state index contributed by atoms with van der Waals surface area (Å²) in [6, 6.07) is 5.48. The second-order valence-corrected chi connectivity index (χ2v) is 12.6. The SMILES string of the molecule is Cc1cc(C)c([I+]c2ccc(S(F)(F)(F)(F)F)nc2)c(C)c1.O=S(=O)([O-])C(F)(F)F. The van der Waals surface area contributed by atoms with Crippen LogP contribution in [0.4, 0.5) is 32.6 Å². The monoisotopic (exact) mass is 599 g/mol. The number of alkyl halides is 3. The number of benzene rings is 1. The van der Waals surface area contributed by atoms with Crippen molar-refractivity contribution >= 4 is 20.3 Å². The van der Waals surface area contributed by atoms with Crippen LogP contribution in [0, 0.1) is 27.9 Å². The maximum atomic E-state index is 12.6. The van der Waals surface area contributed by atoms with Crippen molar-refractivity contribution in [2.75, 3.05) is 0 Å². The van der Waals surface area contributed by atoms with Gasteiger partial charge in [-0.2, -0.15) is 13.2 Å². The third-order valence-corrected chi connectivity index (χ3v) is 8.26. The number of pyridine rings is 1. The highest BCUT2D eigenvalue weighted by molar-refractivity contribution is 8.45. The van der Waals surface area contributed by atoms with Gasteiger partial charge in [0.2, 0.25) is 3.57 Å². The van der Waals surface area contributed by atoms with Crippen molar-refractivity contribution < 1.29 is 66.8 Å². The molecule has 15 heteroatoms. The van der Waals surface area contributed by atoms with Crippen LogP contribution in [0.25, 0.3) is 0 Å². The summed E-state index contributed by atoms with van der Waals surface area (Å²) >= 11 is -0.772. The molecule has 4 nitrogen and oxygen atoms in total. The number of halogens is 9. The molecular formula is C15H14F8INO3S2. The molecule has 172 valence electrons. The average molecular weight is 599 g/mol. The third-order valence-electron chi connectivity index (χ3n) is 3.16. The molecule has 0 spiro atoms. The zero-order valence-corrected chi connectivity index (χ0v) is 19.1. The lowest BCUT2D eigenvalue weighted by atomic mass is 10.1. The summed E-state index contributed by atoms with van der Waals surface area (Å²) < 4.78 is 124. The van der Waals surface area contributed by atoms with Crippen molar-refractivity contribution in [1.29, 1.82) is 0 Å². The first-order valence-corrected chi connectivity index (χ1v) is 13.0. The molecule has 0 aliphatic rings. The number of hydrogen-bond donors (Lipinski definition) is 0. The average Bonchev–Trinajstić information content (AvgIpc) is 2.47. The largest absolute Gasteiger partial charge is 0.741 e. The van der Waals surface area contributed by atoms with Crippen LogP contribution in [0.3, 0.4) is 0 Å². The number of rotatable bonds is 3. The minimum Gasteiger partial charge on any atom is -0.741 e. The minimum absolute atomic E-state index is 0.384. The zero-order chi connectivity index (χ0) is 23.8. The van der Waals surface area contributed by atoms with Gasteiger partial charge in [-0.15, -0.1) is 0 Å². The summed E-state index contributed by atoms with van der Waals surface area (Å²) in [6.45, 7) is 5.84. The predicted molar refractivity (Wildman–Crippen MR) is 89.4 cm³/mol. The molecule has 0 radical (unpaired) electrons. The first-order chi connectivity index (χ1) is 13.0. The van der Waals surface area contributed by atoms with E-state index >= 15 is 0 Å².